The molecule has 0 heterocycles. The second kappa shape index (κ2) is 14.6. The summed E-state index contributed by atoms with van der Waals surface area (Å²) in [5.74, 6) is 0.00992. The molecule has 1 aliphatic rings. The third kappa shape index (κ3) is 8.16. The Morgan fingerprint density at radius 2 is 1.47 bits per heavy atom. The van der Waals surface area contributed by atoms with Gasteiger partial charge in [0.2, 0.25) is 11.8 Å². The zero-order valence-electron chi connectivity index (χ0n) is 25.6. The van der Waals surface area contributed by atoms with E-state index in [2.05, 4.69) is 5.32 Å². The first kappa shape index (κ1) is 32.1. The number of carbonyl (C=O) groups is 2. The number of ether oxygens (including phenoxy) is 1. The molecule has 3 aromatic rings. The zero-order valence-corrected chi connectivity index (χ0v) is 26.4. The molecule has 1 saturated carbocycles. The van der Waals surface area contributed by atoms with Gasteiger partial charge in [-0.3, -0.25) is 13.9 Å². The number of nitrogens with zero attached hydrogens (tertiary/aromatic N) is 2. The Bertz CT molecular complexity index is 1470. The summed E-state index contributed by atoms with van der Waals surface area (Å²) in [6.45, 7) is 5.37. The average molecular weight is 606 g/mol. The van der Waals surface area contributed by atoms with Gasteiger partial charge in [-0.05, 0) is 75.1 Å². The number of anilines is 1. The Balaban J connectivity index is 1.70. The van der Waals surface area contributed by atoms with Crippen LogP contribution in [0.5, 0.6) is 5.75 Å². The molecule has 0 spiro atoms. The van der Waals surface area contributed by atoms with Crippen LogP contribution in [0.15, 0.2) is 77.7 Å². The molecule has 2 amide bonds. The van der Waals surface area contributed by atoms with E-state index in [-0.39, 0.29) is 23.4 Å². The molecule has 1 N–H and O–H groups in total. The third-order valence-corrected chi connectivity index (χ3v) is 9.85. The highest BCUT2D eigenvalue weighted by Gasteiger charge is 2.34. The highest BCUT2D eigenvalue weighted by Crippen LogP contribution is 2.26. The molecule has 3 aromatic carbocycles. The maximum absolute atomic E-state index is 14.3. The van der Waals surface area contributed by atoms with Gasteiger partial charge in [0.25, 0.3) is 10.0 Å². The summed E-state index contributed by atoms with van der Waals surface area (Å²) in [5, 5.41) is 3.18. The fourth-order valence-corrected chi connectivity index (χ4v) is 6.88. The van der Waals surface area contributed by atoms with Crippen molar-refractivity contribution in [1.29, 1.82) is 0 Å². The highest BCUT2D eigenvalue weighted by atomic mass is 32.2. The lowest BCUT2D eigenvalue weighted by Gasteiger charge is -2.34. The number of amides is 2. The van der Waals surface area contributed by atoms with Crippen molar-refractivity contribution >= 4 is 27.5 Å². The number of aryl methyl sites for hydroxylation is 2. The van der Waals surface area contributed by atoms with Crippen molar-refractivity contribution in [2.45, 2.75) is 82.8 Å². The molecule has 1 aliphatic carbocycles. The molecular weight excluding hydrogens is 562 g/mol. The van der Waals surface area contributed by atoms with Gasteiger partial charge in [-0.15, -0.1) is 0 Å². The van der Waals surface area contributed by atoms with Crippen molar-refractivity contribution in [3.8, 4) is 5.75 Å². The summed E-state index contributed by atoms with van der Waals surface area (Å²) < 4.78 is 34.5. The molecule has 0 radical (unpaired) electrons. The molecule has 0 aromatic heterocycles. The lowest BCUT2D eigenvalue weighted by molar-refractivity contribution is -0.140. The molecule has 43 heavy (non-hydrogen) atoms. The topological polar surface area (TPSA) is 96.0 Å². The zero-order chi connectivity index (χ0) is 31.0. The molecular formula is C34H43N3O5S. The Labute approximate surface area is 256 Å². The molecule has 1 atom stereocenters. The van der Waals surface area contributed by atoms with Gasteiger partial charge in [0, 0.05) is 12.6 Å². The van der Waals surface area contributed by atoms with Crippen LogP contribution >= 0.6 is 0 Å². The van der Waals surface area contributed by atoms with E-state index in [0.29, 0.717) is 17.9 Å². The van der Waals surface area contributed by atoms with Crippen LogP contribution in [0.1, 0.15) is 62.1 Å². The Morgan fingerprint density at radius 3 is 2.02 bits per heavy atom. The minimum absolute atomic E-state index is 0.0826. The first-order chi connectivity index (χ1) is 20.6. The SMILES string of the molecule is CC[C@H](C(=O)NC1CCCCC1)N(Cc1ccc(OC)cc1)C(=O)CN(c1ccc(C)cc1)S(=O)(=O)c1ccc(C)cc1. The second-order valence-electron chi connectivity index (χ2n) is 11.3. The normalized spacial score (nSPS) is 14.5. The van der Waals surface area contributed by atoms with E-state index in [4.69, 9.17) is 4.74 Å². The summed E-state index contributed by atoms with van der Waals surface area (Å²) in [7, 11) is -2.52. The monoisotopic (exact) mass is 605 g/mol. The van der Waals surface area contributed by atoms with E-state index in [1.165, 1.54) is 4.90 Å². The van der Waals surface area contributed by atoms with E-state index in [1.807, 2.05) is 57.2 Å². The van der Waals surface area contributed by atoms with E-state index in [1.54, 1.807) is 43.5 Å². The number of hydrogen-bond acceptors (Lipinski definition) is 5. The number of carbonyl (C=O) groups excluding carboxylic acids is 2. The number of nitrogens with one attached hydrogen (secondary N) is 1. The van der Waals surface area contributed by atoms with E-state index >= 15 is 0 Å². The fourth-order valence-electron chi connectivity index (χ4n) is 5.47. The quantitative estimate of drug-likeness (QED) is 0.283. The summed E-state index contributed by atoms with van der Waals surface area (Å²) in [4.78, 5) is 29.5. The largest absolute Gasteiger partial charge is 0.497 e. The average Bonchev–Trinajstić information content (AvgIpc) is 3.01. The Morgan fingerprint density at radius 1 is 0.884 bits per heavy atom. The van der Waals surface area contributed by atoms with Crippen LogP contribution in [0, 0.1) is 13.8 Å². The minimum atomic E-state index is -4.10. The number of sulfonamides is 1. The maximum Gasteiger partial charge on any atom is 0.264 e. The third-order valence-electron chi connectivity index (χ3n) is 8.06. The summed E-state index contributed by atoms with van der Waals surface area (Å²) >= 11 is 0. The van der Waals surface area contributed by atoms with Crippen molar-refractivity contribution in [1.82, 2.24) is 10.2 Å². The van der Waals surface area contributed by atoms with Gasteiger partial charge < -0.3 is 15.0 Å². The lowest BCUT2D eigenvalue weighted by atomic mass is 9.95. The molecule has 1 fully saturated rings. The summed E-state index contributed by atoms with van der Waals surface area (Å²) in [6, 6.07) is 20.3. The predicted molar refractivity (Wildman–Crippen MR) is 170 cm³/mol. The van der Waals surface area contributed by atoms with Gasteiger partial charge in [0.15, 0.2) is 0 Å². The summed E-state index contributed by atoms with van der Waals surface area (Å²) in [5.41, 5.74) is 3.08. The van der Waals surface area contributed by atoms with E-state index in [9.17, 15) is 18.0 Å². The molecule has 8 nitrogen and oxygen atoms in total. The number of hydrogen-bond donors (Lipinski definition) is 1. The minimum Gasteiger partial charge on any atom is -0.497 e. The van der Waals surface area contributed by atoms with Crippen LogP contribution < -0.4 is 14.4 Å². The number of rotatable bonds is 12. The van der Waals surface area contributed by atoms with E-state index in [0.717, 1.165) is 53.1 Å². The highest BCUT2D eigenvalue weighted by molar-refractivity contribution is 7.92. The molecule has 230 valence electrons. The molecule has 0 aliphatic heterocycles. The lowest BCUT2D eigenvalue weighted by Crippen LogP contribution is -2.54. The van der Waals surface area contributed by atoms with Crippen LogP contribution in [-0.2, 0) is 26.2 Å². The van der Waals surface area contributed by atoms with Gasteiger partial charge in [0.05, 0.1) is 17.7 Å². The molecule has 4 rings (SSSR count). The first-order valence-corrected chi connectivity index (χ1v) is 16.4. The second-order valence-corrected chi connectivity index (χ2v) is 13.2. The van der Waals surface area contributed by atoms with Crippen LogP contribution in [0.4, 0.5) is 5.69 Å². The molecule has 0 bridgehead atoms. The standard InChI is InChI=1S/C34H43N3O5S/c1-5-32(34(39)35-28-9-7-6-8-10-28)36(23-27-15-19-30(42-4)20-16-27)33(38)24-37(29-17-11-25(2)12-18-29)43(40,41)31-21-13-26(3)14-22-31/h11-22,28,32H,5-10,23-24H2,1-4H3,(H,35,39)/t32-/m1/s1. The van der Waals surface area contributed by atoms with Crippen LogP contribution in [0.25, 0.3) is 0 Å². The van der Waals surface area contributed by atoms with Crippen molar-refractivity contribution in [3.05, 3.63) is 89.5 Å². The molecule has 0 saturated heterocycles. The predicted octanol–water partition coefficient (Wildman–Crippen LogP) is 5.76. The smallest absolute Gasteiger partial charge is 0.264 e. The summed E-state index contributed by atoms with van der Waals surface area (Å²) in [6.07, 6.45) is 5.53. The van der Waals surface area contributed by atoms with E-state index < -0.39 is 28.5 Å². The molecule has 9 heteroatoms. The van der Waals surface area contributed by atoms with Crippen molar-refractivity contribution in [3.63, 3.8) is 0 Å². The van der Waals surface area contributed by atoms with Crippen molar-refractivity contribution in [2.75, 3.05) is 18.0 Å². The Hall–Kier alpha value is -3.85. The van der Waals surface area contributed by atoms with Gasteiger partial charge in [-0.2, -0.15) is 0 Å². The maximum atomic E-state index is 14.3. The number of benzene rings is 3. The van der Waals surface area contributed by atoms with Crippen molar-refractivity contribution in [2.24, 2.45) is 0 Å². The van der Waals surface area contributed by atoms with Gasteiger partial charge in [-0.1, -0.05) is 73.7 Å². The van der Waals surface area contributed by atoms with Crippen molar-refractivity contribution < 1.29 is 22.7 Å². The van der Waals surface area contributed by atoms with Gasteiger partial charge in [0.1, 0.15) is 18.3 Å². The van der Waals surface area contributed by atoms with Gasteiger partial charge in [-0.25, -0.2) is 8.42 Å². The van der Waals surface area contributed by atoms with Crippen LogP contribution in [0.2, 0.25) is 0 Å². The van der Waals surface area contributed by atoms with Gasteiger partial charge >= 0.3 is 0 Å². The first-order valence-electron chi connectivity index (χ1n) is 15.0. The number of methoxy groups -OCH3 is 1. The molecule has 0 unspecified atom stereocenters. The van der Waals surface area contributed by atoms with Crippen LogP contribution in [-0.4, -0.2) is 50.9 Å². The van der Waals surface area contributed by atoms with Crippen LogP contribution in [0.3, 0.4) is 0 Å². The Kier molecular flexibility index (Phi) is 10.9. The fraction of sp³-hybridized carbons (Fsp3) is 0.412.